The third-order valence-corrected chi connectivity index (χ3v) is 6.13. The van der Waals surface area contributed by atoms with Crippen LogP contribution in [0.2, 0.25) is 0 Å². The number of fused-ring (bicyclic) bond motifs is 2. The molecule has 33 heavy (non-hydrogen) atoms. The second-order valence-corrected chi connectivity index (χ2v) is 8.64. The van der Waals surface area contributed by atoms with Crippen molar-refractivity contribution in [3.63, 3.8) is 0 Å². The van der Waals surface area contributed by atoms with E-state index in [1.165, 1.54) is 15.4 Å². The molecule has 0 aromatic carbocycles. The Hall–Kier alpha value is -3.41. The molecule has 12 heteroatoms. The van der Waals surface area contributed by atoms with Crippen LogP contribution in [0.1, 0.15) is 32.6 Å². The van der Waals surface area contributed by atoms with Gasteiger partial charge >= 0.3 is 0 Å². The zero-order valence-electron chi connectivity index (χ0n) is 18.4. The zero-order chi connectivity index (χ0) is 23.2. The minimum Gasteiger partial charge on any atom is -0.390 e. The lowest BCUT2D eigenvalue weighted by Gasteiger charge is -2.33. The average molecular weight is 457 g/mol. The number of aliphatic hydroxyl groups is 1. The van der Waals surface area contributed by atoms with Crippen LogP contribution in [0, 0.1) is 5.82 Å². The maximum atomic E-state index is 15.2. The summed E-state index contributed by atoms with van der Waals surface area (Å²) in [5, 5.41) is 28.9. The topological polar surface area (TPSA) is 118 Å². The Balaban J connectivity index is 1.54. The largest absolute Gasteiger partial charge is 0.390 e. The van der Waals surface area contributed by atoms with Crippen LogP contribution >= 0.6 is 0 Å². The van der Waals surface area contributed by atoms with E-state index in [0.29, 0.717) is 47.0 Å². The van der Waals surface area contributed by atoms with Gasteiger partial charge in [0.05, 0.1) is 29.6 Å². The highest BCUT2D eigenvalue weighted by molar-refractivity contribution is 5.89. The molecule has 0 atom stereocenters. The fourth-order valence-corrected chi connectivity index (χ4v) is 4.32. The van der Waals surface area contributed by atoms with E-state index in [9.17, 15) is 9.50 Å². The van der Waals surface area contributed by atoms with Crippen molar-refractivity contribution < 1.29 is 13.9 Å². The fraction of sp³-hybridized carbons (Fsp3) is 0.476. The number of anilines is 2. The van der Waals surface area contributed by atoms with Gasteiger partial charge in [-0.1, -0.05) is 5.21 Å². The van der Waals surface area contributed by atoms with Crippen LogP contribution < -0.4 is 10.6 Å². The number of rotatable bonds is 6. The van der Waals surface area contributed by atoms with Crippen LogP contribution in [0.25, 0.3) is 27.9 Å². The molecule has 10 nitrogen and oxygen atoms in total. The second-order valence-electron chi connectivity index (χ2n) is 8.64. The van der Waals surface area contributed by atoms with Crippen LogP contribution in [0.15, 0.2) is 18.3 Å². The standard InChI is InChI=1S/C21H25F2N9O/c1-21(33)7-5-12(6-8-21)25-20-27-18(24-2)17-16(13(23)11-32(17)29-20)14-3-4-15-19(26-14)31(10-9-22)30-28-15/h3-4,11-12,33H,5-10H2,1-2H3,(H2,24,25,27,29). The first-order valence-electron chi connectivity index (χ1n) is 10.9. The van der Waals surface area contributed by atoms with Crippen molar-refractivity contribution in [1.29, 1.82) is 0 Å². The van der Waals surface area contributed by atoms with Crippen molar-refractivity contribution in [1.82, 2.24) is 34.6 Å². The van der Waals surface area contributed by atoms with Crippen molar-refractivity contribution in [2.75, 3.05) is 24.4 Å². The van der Waals surface area contributed by atoms with E-state index in [0.717, 1.165) is 12.8 Å². The van der Waals surface area contributed by atoms with Crippen LogP contribution in [-0.4, -0.2) is 65.0 Å². The first-order chi connectivity index (χ1) is 15.9. The summed E-state index contributed by atoms with van der Waals surface area (Å²) in [7, 11) is 1.70. The van der Waals surface area contributed by atoms with Crippen molar-refractivity contribution in [2.24, 2.45) is 0 Å². The second kappa shape index (κ2) is 8.18. The van der Waals surface area contributed by atoms with E-state index in [-0.39, 0.29) is 18.2 Å². The van der Waals surface area contributed by atoms with Gasteiger partial charge < -0.3 is 15.7 Å². The van der Waals surface area contributed by atoms with Gasteiger partial charge in [0.25, 0.3) is 0 Å². The van der Waals surface area contributed by atoms with Gasteiger partial charge in [0.15, 0.2) is 17.3 Å². The summed E-state index contributed by atoms with van der Waals surface area (Å²) in [4.78, 5) is 9.07. The lowest BCUT2D eigenvalue weighted by atomic mass is 9.84. The van der Waals surface area contributed by atoms with Gasteiger partial charge in [-0.25, -0.2) is 23.0 Å². The summed E-state index contributed by atoms with van der Waals surface area (Å²) < 4.78 is 30.8. The van der Waals surface area contributed by atoms with Crippen molar-refractivity contribution in [3.05, 3.63) is 24.1 Å². The highest BCUT2D eigenvalue weighted by Gasteiger charge is 2.29. The molecule has 0 amide bonds. The van der Waals surface area contributed by atoms with Crippen LogP contribution in [0.5, 0.6) is 0 Å². The molecule has 5 rings (SSSR count). The first kappa shape index (κ1) is 21.4. The number of hydrogen-bond donors (Lipinski definition) is 3. The normalized spacial score (nSPS) is 21.1. The maximum Gasteiger partial charge on any atom is 0.243 e. The molecule has 0 radical (unpaired) electrons. The molecule has 174 valence electrons. The van der Waals surface area contributed by atoms with E-state index in [1.807, 2.05) is 6.92 Å². The zero-order valence-corrected chi connectivity index (χ0v) is 18.4. The van der Waals surface area contributed by atoms with Gasteiger partial charge in [-0.15, -0.1) is 10.2 Å². The number of hydrogen-bond acceptors (Lipinski definition) is 8. The molecular weight excluding hydrogens is 432 g/mol. The highest BCUT2D eigenvalue weighted by Crippen LogP contribution is 2.33. The Morgan fingerprint density at radius 2 is 2.03 bits per heavy atom. The number of pyridine rings is 1. The van der Waals surface area contributed by atoms with E-state index < -0.39 is 18.1 Å². The monoisotopic (exact) mass is 457 g/mol. The van der Waals surface area contributed by atoms with Crippen LogP contribution in [0.3, 0.4) is 0 Å². The van der Waals surface area contributed by atoms with Crippen molar-refractivity contribution in [2.45, 2.75) is 50.8 Å². The Bertz CT molecular complexity index is 1310. The molecule has 1 aliphatic rings. The summed E-state index contributed by atoms with van der Waals surface area (Å²) in [6.07, 6.45) is 4.25. The number of nitrogens with one attached hydrogen (secondary N) is 2. The summed E-state index contributed by atoms with van der Waals surface area (Å²) in [5.41, 5.74) is 1.25. The maximum absolute atomic E-state index is 15.2. The minimum absolute atomic E-state index is 0.0163. The van der Waals surface area contributed by atoms with Gasteiger partial charge in [0.1, 0.15) is 17.7 Å². The van der Waals surface area contributed by atoms with E-state index in [4.69, 9.17) is 0 Å². The average Bonchev–Trinajstić information content (AvgIpc) is 3.34. The molecule has 1 saturated carbocycles. The Morgan fingerprint density at radius 3 is 2.76 bits per heavy atom. The molecular formula is C21H25F2N9O. The van der Waals surface area contributed by atoms with Crippen molar-refractivity contribution >= 4 is 28.4 Å². The molecule has 4 heterocycles. The lowest BCUT2D eigenvalue weighted by Crippen LogP contribution is -2.36. The SMILES string of the molecule is CNc1nc(NC2CCC(C)(O)CC2)nn2cc(F)c(-c3ccc4nnn(CCF)c4n3)c12. The van der Waals surface area contributed by atoms with E-state index >= 15 is 4.39 Å². The van der Waals surface area contributed by atoms with Gasteiger partial charge in [0.2, 0.25) is 5.95 Å². The minimum atomic E-state index is -0.638. The third-order valence-electron chi connectivity index (χ3n) is 6.13. The van der Waals surface area contributed by atoms with E-state index in [1.54, 1.807) is 19.2 Å². The molecule has 1 aliphatic carbocycles. The lowest BCUT2D eigenvalue weighted by molar-refractivity contribution is 0.0195. The van der Waals surface area contributed by atoms with Crippen molar-refractivity contribution in [3.8, 4) is 11.3 Å². The molecule has 3 N–H and O–H groups in total. The molecule has 1 fully saturated rings. The number of nitrogens with zero attached hydrogens (tertiary/aromatic N) is 7. The van der Waals surface area contributed by atoms with Gasteiger partial charge in [-0.3, -0.25) is 0 Å². The number of aromatic nitrogens is 7. The Kier molecular flexibility index (Phi) is 5.31. The molecule has 0 bridgehead atoms. The Labute approximate surface area is 188 Å². The summed E-state index contributed by atoms with van der Waals surface area (Å²) in [6.45, 7) is 1.25. The molecule has 0 unspecified atom stereocenters. The smallest absolute Gasteiger partial charge is 0.243 e. The fourth-order valence-electron chi connectivity index (χ4n) is 4.32. The number of halogens is 2. The van der Waals surface area contributed by atoms with Crippen LogP contribution in [0.4, 0.5) is 20.5 Å². The highest BCUT2D eigenvalue weighted by atomic mass is 19.1. The van der Waals surface area contributed by atoms with Gasteiger partial charge in [-0.05, 0) is 44.7 Å². The summed E-state index contributed by atoms with van der Waals surface area (Å²) in [6, 6.07) is 3.45. The molecule has 4 aromatic rings. The van der Waals surface area contributed by atoms with Gasteiger partial charge in [0, 0.05) is 13.1 Å². The first-order valence-corrected chi connectivity index (χ1v) is 10.9. The molecule has 0 spiro atoms. The molecule has 4 aromatic heterocycles. The summed E-state index contributed by atoms with van der Waals surface area (Å²) >= 11 is 0. The third kappa shape index (κ3) is 3.94. The number of alkyl halides is 1. The molecule has 0 aliphatic heterocycles. The molecule has 0 saturated heterocycles. The predicted octanol–water partition coefficient (Wildman–Crippen LogP) is 2.79. The predicted molar refractivity (Wildman–Crippen MR) is 119 cm³/mol. The summed E-state index contributed by atoms with van der Waals surface area (Å²) in [5.74, 6) is 0.295. The number of aryl methyl sites for hydroxylation is 1. The van der Waals surface area contributed by atoms with E-state index in [2.05, 4.69) is 36.0 Å². The quantitative estimate of drug-likeness (QED) is 0.405. The Morgan fingerprint density at radius 1 is 1.24 bits per heavy atom. The van der Waals surface area contributed by atoms with Crippen LogP contribution in [-0.2, 0) is 6.54 Å². The van der Waals surface area contributed by atoms with Gasteiger partial charge in [-0.2, -0.15) is 4.98 Å².